The Hall–Kier alpha value is -0.540. The van der Waals surface area contributed by atoms with E-state index in [2.05, 4.69) is 52.0 Å². The van der Waals surface area contributed by atoms with Gasteiger partial charge in [-0.1, -0.05) is 32.4 Å². The molecule has 0 aliphatic carbocycles. The number of nitrogens with zero attached hydrogens (tertiary/aromatic N) is 2. The third kappa shape index (κ3) is 4.23. The summed E-state index contributed by atoms with van der Waals surface area (Å²) in [6, 6.07) is 0. The van der Waals surface area contributed by atoms with Crippen LogP contribution in [0.4, 0.5) is 0 Å². The van der Waals surface area contributed by atoms with E-state index in [0.29, 0.717) is 5.92 Å². The lowest BCUT2D eigenvalue weighted by molar-refractivity contribution is 0.184. The van der Waals surface area contributed by atoms with Gasteiger partial charge in [-0.05, 0) is 45.4 Å². The zero-order valence-corrected chi connectivity index (χ0v) is 15.0. The Kier molecular flexibility index (Phi) is 5.31. The molecule has 4 heteroatoms. The van der Waals surface area contributed by atoms with Crippen LogP contribution in [0.5, 0.6) is 0 Å². The largest absolute Gasteiger partial charge is 0.312 e. The number of nitrogens with one attached hydrogen (secondary N) is 1. The Labute approximate surface area is 129 Å². The summed E-state index contributed by atoms with van der Waals surface area (Å²) < 4.78 is 1.93. The van der Waals surface area contributed by atoms with Crippen molar-refractivity contribution in [2.75, 3.05) is 6.54 Å². The molecular weight excluding hydrogens is 270 g/mol. The first-order valence-electron chi connectivity index (χ1n) is 7.39. The summed E-state index contributed by atoms with van der Waals surface area (Å²) in [6.07, 6.45) is 0.934. The first-order chi connectivity index (χ1) is 8.96. The van der Waals surface area contributed by atoms with E-state index in [0.717, 1.165) is 29.4 Å². The first kappa shape index (κ1) is 17.5. The molecule has 1 aromatic heterocycles. The smallest absolute Gasteiger partial charge is 0.0847 e. The molecule has 1 aromatic rings. The quantitative estimate of drug-likeness (QED) is 0.891. The molecule has 20 heavy (non-hydrogen) atoms. The Morgan fingerprint density at radius 1 is 1.25 bits per heavy atom. The normalized spacial score (nSPS) is 15.7. The van der Waals surface area contributed by atoms with Crippen molar-refractivity contribution in [3.63, 3.8) is 0 Å². The Balaban J connectivity index is 2.97. The zero-order chi connectivity index (χ0) is 15.7. The predicted molar refractivity (Wildman–Crippen MR) is 87.4 cm³/mol. The second kappa shape index (κ2) is 6.07. The molecule has 0 amide bonds. The van der Waals surface area contributed by atoms with Crippen molar-refractivity contribution < 1.29 is 0 Å². The molecule has 0 saturated heterocycles. The number of aryl methyl sites for hydroxylation is 2. The van der Waals surface area contributed by atoms with Crippen molar-refractivity contribution in [2.45, 2.75) is 60.4 Å². The lowest BCUT2D eigenvalue weighted by atomic mass is 9.75. The van der Waals surface area contributed by atoms with Crippen LogP contribution < -0.4 is 5.32 Å². The molecule has 1 unspecified atom stereocenters. The summed E-state index contributed by atoms with van der Waals surface area (Å²) >= 11 is 6.41. The highest BCUT2D eigenvalue weighted by Crippen LogP contribution is 2.34. The van der Waals surface area contributed by atoms with Crippen LogP contribution in [0.2, 0.25) is 5.02 Å². The third-order valence-electron chi connectivity index (χ3n) is 4.25. The lowest BCUT2D eigenvalue weighted by Crippen LogP contribution is -2.46. The summed E-state index contributed by atoms with van der Waals surface area (Å²) in [5, 5.41) is 8.88. The molecule has 1 rings (SSSR count). The van der Waals surface area contributed by atoms with Crippen molar-refractivity contribution in [1.82, 2.24) is 15.1 Å². The Morgan fingerprint density at radius 2 is 1.80 bits per heavy atom. The van der Waals surface area contributed by atoms with Gasteiger partial charge in [0.25, 0.3) is 0 Å². The van der Waals surface area contributed by atoms with Gasteiger partial charge < -0.3 is 5.32 Å². The lowest BCUT2D eigenvalue weighted by Gasteiger charge is -2.37. The average Bonchev–Trinajstić information content (AvgIpc) is 2.52. The molecule has 0 spiro atoms. The molecule has 3 nitrogen and oxygen atoms in total. The number of halogens is 1. The van der Waals surface area contributed by atoms with Crippen LogP contribution in [0.25, 0.3) is 0 Å². The minimum absolute atomic E-state index is 0.127. The maximum absolute atomic E-state index is 6.41. The monoisotopic (exact) mass is 299 g/mol. The van der Waals surface area contributed by atoms with Crippen molar-refractivity contribution in [3.05, 3.63) is 16.4 Å². The topological polar surface area (TPSA) is 29.9 Å². The van der Waals surface area contributed by atoms with Crippen LogP contribution >= 0.6 is 11.6 Å². The van der Waals surface area contributed by atoms with Crippen molar-refractivity contribution >= 4 is 11.6 Å². The van der Waals surface area contributed by atoms with Gasteiger partial charge in [-0.2, -0.15) is 5.10 Å². The summed E-state index contributed by atoms with van der Waals surface area (Å²) in [4.78, 5) is 0. The standard InChI is InChI=1S/C16H30ClN3/c1-11(2)16(7,10-18-15(4,5)6)9-13-14(17)12(3)19-20(13)8/h11,18H,9-10H2,1-8H3. The van der Waals surface area contributed by atoms with Gasteiger partial charge in [-0.3, -0.25) is 4.68 Å². The highest BCUT2D eigenvalue weighted by molar-refractivity contribution is 6.31. The number of hydrogen-bond donors (Lipinski definition) is 1. The van der Waals surface area contributed by atoms with Crippen molar-refractivity contribution in [3.8, 4) is 0 Å². The van der Waals surface area contributed by atoms with E-state index in [-0.39, 0.29) is 11.0 Å². The van der Waals surface area contributed by atoms with Gasteiger partial charge in [0.05, 0.1) is 16.4 Å². The summed E-state index contributed by atoms with van der Waals surface area (Å²) in [6.45, 7) is 16.4. The van der Waals surface area contributed by atoms with Crippen molar-refractivity contribution in [2.24, 2.45) is 18.4 Å². The fraction of sp³-hybridized carbons (Fsp3) is 0.812. The van der Waals surface area contributed by atoms with Gasteiger partial charge in [-0.15, -0.1) is 0 Å². The predicted octanol–water partition coefficient (Wildman–Crippen LogP) is 3.97. The second-order valence-electron chi connectivity index (χ2n) is 7.56. The van der Waals surface area contributed by atoms with E-state index in [1.54, 1.807) is 0 Å². The summed E-state index contributed by atoms with van der Waals surface area (Å²) in [5.41, 5.74) is 2.33. The van der Waals surface area contributed by atoms with Crippen LogP contribution in [-0.2, 0) is 13.5 Å². The average molecular weight is 300 g/mol. The minimum Gasteiger partial charge on any atom is -0.312 e. The molecular formula is C16H30ClN3. The maximum Gasteiger partial charge on any atom is 0.0847 e. The van der Waals surface area contributed by atoms with E-state index in [9.17, 15) is 0 Å². The first-order valence-corrected chi connectivity index (χ1v) is 7.77. The van der Waals surface area contributed by atoms with E-state index in [4.69, 9.17) is 11.6 Å². The number of rotatable bonds is 5. The number of hydrogen-bond acceptors (Lipinski definition) is 2. The van der Waals surface area contributed by atoms with Crippen molar-refractivity contribution in [1.29, 1.82) is 0 Å². The van der Waals surface area contributed by atoms with E-state index < -0.39 is 0 Å². The fourth-order valence-electron chi connectivity index (χ4n) is 2.19. The zero-order valence-electron chi connectivity index (χ0n) is 14.3. The summed E-state index contributed by atoms with van der Waals surface area (Å²) in [7, 11) is 1.98. The highest BCUT2D eigenvalue weighted by Gasteiger charge is 2.32. The molecule has 1 atom stereocenters. The fourth-order valence-corrected chi connectivity index (χ4v) is 2.42. The number of aromatic nitrogens is 2. The van der Waals surface area contributed by atoms with Crippen LogP contribution in [-0.4, -0.2) is 21.9 Å². The second-order valence-corrected chi connectivity index (χ2v) is 7.94. The van der Waals surface area contributed by atoms with E-state index in [1.807, 2.05) is 18.7 Å². The van der Waals surface area contributed by atoms with Gasteiger partial charge in [-0.25, -0.2) is 0 Å². The highest BCUT2D eigenvalue weighted by atomic mass is 35.5. The van der Waals surface area contributed by atoms with E-state index >= 15 is 0 Å². The van der Waals surface area contributed by atoms with Crippen LogP contribution in [0.15, 0.2) is 0 Å². The Morgan fingerprint density at radius 3 is 2.15 bits per heavy atom. The third-order valence-corrected chi connectivity index (χ3v) is 4.74. The van der Waals surface area contributed by atoms with Gasteiger partial charge in [0.1, 0.15) is 0 Å². The van der Waals surface area contributed by atoms with Gasteiger partial charge in [0.2, 0.25) is 0 Å². The van der Waals surface area contributed by atoms with Crippen LogP contribution in [0.1, 0.15) is 52.9 Å². The molecule has 1 N–H and O–H groups in total. The van der Waals surface area contributed by atoms with Gasteiger partial charge in [0.15, 0.2) is 0 Å². The van der Waals surface area contributed by atoms with E-state index in [1.165, 1.54) is 0 Å². The molecule has 0 radical (unpaired) electrons. The summed E-state index contributed by atoms with van der Waals surface area (Å²) in [5.74, 6) is 0.559. The molecule has 0 bridgehead atoms. The molecule has 0 saturated carbocycles. The molecule has 0 aliphatic rings. The molecule has 116 valence electrons. The van der Waals surface area contributed by atoms with Crippen LogP contribution in [0.3, 0.4) is 0 Å². The maximum atomic E-state index is 6.41. The van der Waals surface area contributed by atoms with Gasteiger partial charge in [0, 0.05) is 19.1 Å². The minimum atomic E-state index is 0.127. The Bertz CT molecular complexity index is 457. The molecule has 1 heterocycles. The SMILES string of the molecule is Cc1nn(C)c(CC(C)(CNC(C)(C)C)C(C)C)c1Cl. The molecule has 0 fully saturated rings. The van der Waals surface area contributed by atoms with Gasteiger partial charge >= 0.3 is 0 Å². The van der Waals surface area contributed by atoms with Crippen LogP contribution in [0, 0.1) is 18.3 Å². The molecule has 0 aliphatic heterocycles. The molecule has 0 aromatic carbocycles.